The standard InChI is InChI=1S/C20H24N2O5S/c1-14(17-5-4-6-18(13-17)22-15(2)23)21-20(24)16-7-9-19(10-8-16)28(25,26)12-11-27-3/h4-10,13-14H,11-12H2,1-3H3,(H,21,24)(H,22,23). The summed E-state index contributed by atoms with van der Waals surface area (Å²) in [5, 5.41) is 5.57. The van der Waals surface area contributed by atoms with Crippen LogP contribution >= 0.6 is 0 Å². The third kappa shape index (κ3) is 5.90. The summed E-state index contributed by atoms with van der Waals surface area (Å²) in [5.74, 6) is -0.607. The molecule has 0 bridgehead atoms. The van der Waals surface area contributed by atoms with Gasteiger partial charge in [0.05, 0.1) is 23.3 Å². The molecule has 0 aliphatic heterocycles. The lowest BCUT2D eigenvalue weighted by atomic mass is 10.1. The maximum absolute atomic E-state index is 12.5. The fourth-order valence-corrected chi connectivity index (χ4v) is 3.75. The predicted molar refractivity (Wildman–Crippen MR) is 107 cm³/mol. The van der Waals surface area contributed by atoms with Crippen LogP contribution in [0.25, 0.3) is 0 Å². The Morgan fingerprint density at radius 2 is 1.79 bits per heavy atom. The number of benzene rings is 2. The molecular weight excluding hydrogens is 380 g/mol. The number of hydrogen-bond donors (Lipinski definition) is 2. The molecule has 2 N–H and O–H groups in total. The van der Waals surface area contributed by atoms with Crippen molar-refractivity contribution in [2.75, 3.05) is 24.8 Å². The first-order valence-corrected chi connectivity index (χ1v) is 10.4. The highest BCUT2D eigenvalue weighted by molar-refractivity contribution is 7.91. The van der Waals surface area contributed by atoms with Crippen LogP contribution in [-0.4, -0.2) is 39.7 Å². The van der Waals surface area contributed by atoms with E-state index in [-0.39, 0.29) is 35.1 Å². The Balaban J connectivity index is 2.07. The van der Waals surface area contributed by atoms with Crippen LogP contribution in [0.15, 0.2) is 53.4 Å². The van der Waals surface area contributed by atoms with Crippen molar-refractivity contribution in [1.82, 2.24) is 5.32 Å². The van der Waals surface area contributed by atoms with Crippen molar-refractivity contribution in [3.05, 3.63) is 59.7 Å². The van der Waals surface area contributed by atoms with Gasteiger partial charge in [-0.2, -0.15) is 0 Å². The minimum Gasteiger partial charge on any atom is -0.384 e. The summed E-state index contributed by atoms with van der Waals surface area (Å²) in [6.07, 6.45) is 0. The molecule has 0 aromatic heterocycles. The maximum Gasteiger partial charge on any atom is 0.251 e. The lowest BCUT2D eigenvalue weighted by Gasteiger charge is -2.16. The summed E-state index contributed by atoms with van der Waals surface area (Å²) in [6, 6.07) is 12.7. The van der Waals surface area contributed by atoms with Crippen molar-refractivity contribution in [1.29, 1.82) is 0 Å². The SMILES string of the molecule is COCCS(=O)(=O)c1ccc(C(=O)NC(C)c2cccc(NC(C)=O)c2)cc1. The first kappa shape index (κ1) is 21.6. The monoisotopic (exact) mass is 404 g/mol. The molecule has 0 aliphatic carbocycles. The van der Waals surface area contributed by atoms with E-state index < -0.39 is 9.84 Å². The zero-order valence-electron chi connectivity index (χ0n) is 16.1. The van der Waals surface area contributed by atoms with E-state index in [9.17, 15) is 18.0 Å². The number of rotatable bonds is 8. The zero-order valence-corrected chi connectivity index (χ0v) is 16.9. The van der Waals surface area contributed by atoms with Crippen LogP contribution in [0.5, 0.6) is 0 Å². The smallest absolute Gasteiger partial charge is 0.251 e. The average Bonchev–Trinajstić information content (AvgIpc) is 2.66. The number of amides is 2. The van der Waals surface area contributed by atoms with E-state index in [1.54, 1.807) is 18.2 Å². The first-order chi connectivity index (χ1) is 13.2. The molecule has 2 aromatic rings. The summed E-state index contributed by atoms with van der Waals surface area (Å²) >= 11 is 0. The fraction of sp³-hybridized carbons (Fsp3) is 0.300. The van der Waals surface area contributed by atoms with E-state index in [4.69, 9.17) is 4.74 Å². The van der Waals surface area contributed by atoms with E-state index in [0.29, 0.717) is 11.3 Å². The lowest BCUT2D eigenvalue weighted by Crippen LogP contribution is -2.26. The Bertz CT molecular complexity index is 939. The normalized spacial score (nSPS) is 12.2. The first-order valence-electron chi connectivity index (χ1n) is 8.73. The maximum atomic E-state index is 12.5. The number of carbonyl (C=O) groups is 2. The van der Waals surface area contributed by atoms with Crippen molar-refractivity contribution in [3.8, 4) is 0 Å². The lowest BCUT2D eigenvalue weighted by molar-refractivity contribution is -0.114. The van der Waals surface area contributed by atoms with Crippen molar-refractivity contribution in [2.24, 2.45) is 0 Å². The Hall–Kier alpha value is -2.71. The van der Waals surface area contributed by atoms with Crippen LogP contribution in [0.4, 0.5) is 5.69 Å². The van der Waals surface area contributed by atoms with Crippen LogP contribution in [-0.2, 0) is 19.4 Å². The number of anilines is 1. The van der Waals surface area contributed by atoms with Crippen molar-refractivity contribution in [3.63, 3.8) is 0 Å². The van der Waals surface area contributed by atoms with Gasteiger partial charge in [0.1, 0.15) is 0 Å². The van der Waals surface area contributed by atoms with Crippen molar-refractivity contribution < 1.29 is 22.7 Å². The summed E-state index contributed by atoms with van der Waals surface area (Å²) in [4.78, 5) is 23.8. The van der Waals surface area contributed by atoms with Gasteiger partial charge >= 0.3 is 0 Å². The van der Waals surface area contributed by atoms with E-state index in [1.165, 1.54) is 38.3 Å². The van der Waals surface area contributed by atoms with Crippen LogP contribution < -0.4 is 10.6 Å². The molecule has 0 heterocycles. The molecule has 1 atom stereocenters. The van der Waals surface area contributed by atoms with E-state index in [2.05, 4.69) is 10.6 Å². The molecular formula is C20H24N2O5S. The van der Waals surface area contributed by atoms with Gasteiger partial charge in [0.15, 0.2) is 9.84 Å². The molecule has 1 unspecified atom stereocenters. The topological polar surface area (TPSA) is 102 Å². The van der Waals surface area contributed by atoms with Gasteiger partial charge in [0, 0.05) is 25.3 Å². The number of carbonyl (C=O) groups excluding carboxylic acids is 2. The molecule has 28 heavy (non-hydrogen) atoms. The molecule has 0 spiro atoms. The number of nitrogens with one attached hydrogen (secondary N) is 2. The molecule has 2 aromatic carbocycles. The molecule has 0 radical (unpaired) electrons. The number of sulfone groups is 1. The summed E-state index contributed by atoms with van der Waals surface area (Å²) < 4.78 is 29.1. The highest BCUT2D eigenvalue weighted by atomic mass is 32.2. The second kappa shape index (κ2) is 9.48. The third-order valence-electron chi connectivity index (χ3n) is 4.09. The highest BCUT2D eigenvalue weighted by Crippen LogP contribution is 2.19. The molecule has 2 rings (SSSR count). The Morgan fingerprint density at radius 3 is 2.39 bits per heavy atom. The number of methoxy groups -OCH3 is 1. The Kier molecular flexibility index (Phi) is 7.31. The molecule has 0 saturated heterocycles. The van der Waals surface area contributed by atoms with Gasteiger partial charge in [-0.15, -0.1) is 0 Å². The summed E-state index contributed by atoms with van der Waals surface area (Å²) in [5.41, 5.74) is 1.84. The largest absolute Gasteiger partial charge is 0.384 e. The van der Waals surface area contributed by atoms with Crippen LogP contribution in [0.2, 0.25) is 0 Å². The van der Waals surface area contributed by atoms with Gasteiger partial charge in [-0.3, -0.25) is 9.59 Å². The van der Waals surface area contributed by atoms with E-state index in [1.807, 2.05) is 13.0 Å². The highest BCUT2D eigenvalue weighted by Gasteiger charge is 2.16. The minimum absolute atomic E-state index is 0.111. The molecule has 8 heteroatoms. The van der Waals surface area contributed by atoms with Crippen molar-refractivity contribution >= 4 is 27.3 Å². The summed E-state index contributed by atoms with van der Waals surface area (Å²) in [7, 11) is -2.00. The molecule has 0 aliphatic rings. The predicted octanol–water partition coefficient (Wildman–Crippen LogP) is 2.56. The van der Waals surface area contributed by atoms with Crippen LogP contribution in [0.1, 0.15) is 35.8 Å². The molecule has 7 nitrogen and oxygen atoms in total. The molecule has 0 saturated carbocycles. The summed E-state index contributed by atoms with van der Waals surface area (Å²) in [6.45, 7) is 3.37. The van der Waals surface area contributed by atoms with Crippen LogP contribution in [0.3, 0.4) is 0 Å². The van der Waals surface area contributed by atoms with Gasteiger partial charge in [0.2, 0.25) is 5.91 Å². The van der Waals surface area contributed by atoms with Gasteiger partial charge in [0.25, 0.3) is 5.91 Å². The van der Waals surface area contributed by atoms with Gasteiger partial charge in [-0.1, -0.05) is 12.1 Å². The molecule has 2 amide bonds. The molecule has 0 fully saturated rings. The fourth-order valence-electron chi connectivity index (χ4n) is 2.58. The minimum atomic E-state index is -3.44. The van der Waals surface area contributed by atoms with Crippen molar-refractivity contribution in [2.45, 2.75) is 24.8 Å². The second-order valence-corrected chi connectivity index (χ2v) is 8.45. The quantitative estimate of drug-likeness (QED) is 0.704. The van der Waals surface area contributed by atoms with E-state index in [0.717, 1.165) is 5.56 Å². The Morgan fingerprint density at radius 1 is 1.11 bits per heavy atom. The van der Waals surface area contributed by atoms with Gasteiger partial charge in [-0.05, 0) is 48.9 Å². The third-order valence-corrected chi connectivity index (χ3v) is 5.78. The second-order valence-electron chi connectivity index (χ2n) is 6.34. The number of ether oxygens (including phenoxy) is 1. The zero-order chi connectivity index (χ0) is 20.7. The average molecular weight is 404 g/mol. The van der Waals surface area contributed by atoms with E-state index >= 15 is 0 Å². The molecule has 150 valence electrons. The number of hydrogen-bond acceptors (Lipinski definition) is 5. The van der Waals surface area contributed by atoms with Crippen LogP contribution in [0, 0.1) is 0 Å². The Labute approximate surface area is 165 Å². The van der Waals surface area contributed by atoms with Gasteiger partial charge < -0.3 is 15.4 Å². The van der Waals surface area contributed by atoms with Gasteiger partial charge in [-0.25, -0.2) is 8.42 Å².